The Bertz CT molecular complexity index is 1460. The number of rotatable bonds is 4. The zero-order valence-corrected chi connectivity index (χ0v) is 19.5. The number of benzene rings is 4. The van der Waals surface area contributed by atoms with Crippen LogP contribution < -0.4 is 4.90 Å². The van der Waals surface area contributed by atoms with Gasteiger partial charge in [0.2, 0.25) is 0 Å². The number of hydrogen-bond acceptors (Lipinski definition) is 3. The predicted octanol–water partition coefficient (Wildman–Crippen LogP) is 6.12. The summed E-state index contributed by atoms with van der Waals surface area (Å²) >= 11 is 0. The number of carbonyl (C=O) groups is 2. The first kappa shape index (κ1) is 21.3. The average molecular weight is 456 g/mol. The van der Waals surface area contributed by atoms with Gasteiger partial charge in [-0.25, -0.2) is 0 Å². The number of ketones is 2. The highest BCUT2D eigenvalue weighted by atomic mass is 16.2. The van der Waals surface area contributed by atoms with E-state index in [0.717, 1.165) is 28.0 Å². The van der Waals surface area contributed by atoms with Crippen molar-refractivity contribution in [1.82, 2.24) is 0 Å². The number of hydrogen-bond donors (Lipinski definition) is 0. The monoisotopic (exact) mass is 455 g/mol. The second kappa shape index (κ2) is 8.21. The molecule has 2 atom stereocenters. The molecule has 35 heavy (non-hydrogen) atoms. The van der Waals surface area contributed by atoms with Crippen LogP contribution in [0.4, 0.5) is 5.69 Å². The first-order valence-corrected chi connectivity index (χ1v) is 11.9. The fourth-order valence-electron chi connectivity index (χ4n) is 5.97. The van der Waals surface area contributed by atoms with Gasteiger partial charge < -0.3 is 4.90 Å². The molecule has 2 aliphatic rings. The molecule has 0 amide bonds. The second-order valence-corrected chi connectivity index (χ2v) is 9.31. The fraction of sp³-hybridized carbons (Fsp3) is 0.125. The maximum Gasteiger partial charge on any atom is 0.197 e. The molecule has 0 radical (unpaired) electrons. The van der Waals surface area contributed by atoms with Crippen molar-refractivity contribution in [3.05, 3.63) is 143 Å². The standard InChI is InChI=1S/C32H25NO2/c1-33-26-20-12-11-19-25(26)21-32(33)29(23-15-7-3-8-16-23)27(22-13-5-2-6-14-22)28(31(32)35)30(34)24-17-9-4-10-18-24/h2-20,29H,21H2,1H3/t29-,32+/m0/s1. The highest BCUT2D eigenvalue weighted by molar-refractivity contribution is 6.37. The van der Waals surface area contributed by atoms with Crippen molar-refractivity contribution in [3.63, 3.8) is 0 Å². The zero-order chi connectivity index (χ0) is 24.0. The Morgan fingerprint density at radius 3 is 2.00 bits per heavy atom. The molecule has 0 bridgehead atoms. The Morgan fingerprint density at radius 1 is 0.771 bits per heavy atom. The molecule has 1 spiro atoms. The minimum atomic E-state index is -0.907. The molecule has 3 nitrogen and oxygen atoms in total. The molecular weight excluding hydrogens is 430 g/mol. The van der Waals surface area contributed by atoms with Crippen LogP contribution in [0.1, 0.15) is 33.0 Å². The van der Waals surface area contributed by atoms with E-state index in [-0.39, 0.29) is 17.5 Å². The van der Waals surface area contributed by atoms with Crippen molar-refractivity contribution in [2.45, 2.75) is 17.9 Å². The maximum absolute atomic E-state index is 14.7. The van der Waals surface area contributed by atoms with Crippen molar-refractivity contribution < 1.29 is 9.59 Å². The summed E-state index contributed by atoms with van der Waals surface area (Å²) in [4.78, 5) is 30.8. The molecule has 1 aliphatic carbocycles. The average Bonchev–Trinajstić information content (AvgIpc) is 3.36. The van der Waals surface area contributed by atoms with E-state index < -0.39 is 5.54 Å². The van der Waals surface area contributed by atoms with Crippen LogP contribution in [-0.4, -0.2) is 24.2 Å². The van der Waals surface area contributed by atoms with Crippen molar-refractivity contribution in [1.29, 1.82) is 0 Å². The fourth-order valence-corrected chi connectivity index (χ4v) is 5.97. The molecule has 0 N–H and O–H groups in total. The van der Waals surface area contributed by atoms with Gasteiger partial charge >= 0.3 is 0 Å². The zero-order valence-electron chi connectivity index (χ0n) is 19.5. The number of anilines is 1. The number of para-hydroxylation sites is 1. The lowest BCUT2D eigenvalue weighted by Gasteiger charge is -2.39. The summed E-state index contributed by atoms with van der Waals surface area (Å²) in [6.45, 7) is 0. The van der Waals surface area contributed by atoms with E-state index in [4.69, 9.17) is 0 Å². The third-order valence-electron chi connectivity index (χ3n) is 7.55. The molecule has 0 unspecified atom stereocenters. The van der Waals surface area contributed by atoms with Crippen LogP contribution in [0, 0.1) is 0 Å². The Balaban J connectivity index is 1.66. The summed E-state index contributed by atoms with van der Waals surface area (Å²) in [7, 11) is 2.00. The van der Waals surface area contributed by atoms with Gasteiger partial charge in [-0.3, -0.25) is 9.59 Å². The van der Waals surface area contributed by atoms with Crippen molar-refractivity contribution in [3.8, 4) is 0 Å². The van der Waals surface area contributed by atoms with Crippen LogP contribution >= 0.6 is 0 Å². The molecular formula is C32H25NO2. The molecule has 0 fully saturated rings. The van der Waals surface area contributed by atoms with Crippen LogP contribution in [0.15, 0.2) is 121 Å². The minimum absolute atomic E-state index is 0.0993. The lowest BCUT2D eigenvalue weighted by atomic mass is 9.74. The molecule has 6 rings (SSSR count). The van der Waals surface area contributed by atoms with Gasteiger partial charge in [0, 0.05) is 30.6 Å². The van der Waals surface area contributed by atoms with Crippen LogP contribution in [0.3, 0.4) is 0 Å². The molecule has 0 aromatic heterocycles. The van der Waals surface area contributed by atoms with Crippen LogP contribution in [0.25, 0.3) is 5.57 Å². The predicted molar refractivity (Wildman–Crippen MR) is 140 cm³/mol. The van der Waals surface area contributed by atoms with Crippen LogP contribution in [-0.2, 0) is 11.2 Å². The van der Waals surface area contributed by atoms with E-state index in [2.05, 4.69) is 29.2 Å². The first-order chi connectivity index (χ1) is 17.1. The van der Waals surface area contributed by atoms with E-state index in [1.807, 2.05) is 85.9 Å². The molecule has 1 heterocycles. The van der Waals surface area contributed by atoms with E-state index in [9.17, 15) is 9.59 Å². The quantitative estimate of drug-likeness (QED) is 0.275. The Kier molecular flexibility index (Phi) is 5.00. The topological polar surface area (TPSA) is 37.4 Å². The third kappa shape index (κ3) is 3.12. The third-order valence-corrected chi connectivity index (χ3v) is 7.55. The number of carbonyl (C=O) groups excluding carboxylic acids is 2. The maximum atomic E-state index is 14.7. The van der Waals surface area contributed by atoms with Gasteiger partial charge in [-0.2, -0.15) is 0 Å². The lowest BCUT2D eigenvalue weighted by molar-refractivity contribution is -0.119. The summed E-state index contributed by atoms with van der Waals surface area (Å²) in [6.07, 6.45) is 0.556. The summed E-state index contributed by atoms with van der Waals surface area (Å²) in [5, 5.41) is 0. The van der Waals surface area contributed by atoms with E-state index in [1.54, 1.807) is 12.1 Å². The molecule has 0 saturated carbocycles. The molecule has 1 aliphatic heterocycles. The van der Waals surface area contributed by atoms with Gasteiger partial charge in [0.15, 0.2) is 11.6 Å². The van der Waals surface area contributed by atoms with Crippen molar-refractivity contribution in [2.24, 2.45) is 0 Å². The normalized spacial score (nSPS) is 21.0. The van der Waals surface area contributed by atoms with Gasteiger partial charge in [0.1, 0.15) is 5.54 Å². The number of Topliss-reactive ketones (excluding diaryl/α,β-unsaturated/α-hetero) is 2. The van der Waals surface area contributed by atoms with Gasteiger partial charge in [-0.1, -0.05) is 109 Å². The summed E-state index contributed by atoms with van der Waals surface area (Å²) in [5.74, 6) is -0.604. The Labute approximate surface area is 205 Å². The van der Waals surface area contributed by atoms with Gasteiger partial charge in [0.25, 0.3) is 0 Å². The van der Waals surface area contributed by atoms with Gasteiger partial charge in [0.05, 0.1) is 5.57 Å². The van der Waals surface area contributed by atoms with E-state index in [1.165, 1.54) is 0 Å². The lowest BCUT2D eigenvalue weighted by Crippen LogP contribution is -2.53. The van der Waals surface area contributed by atoms with Crippen molar-refractivity contribution >= 4 is 22.8 Å². The Morgan fingerprint density at radius 2 is 1.34 bits per heavy atom. The number of fused-ring (bicyclic) bond motifs is 1. The van der Waals surface area contributed by atoms with Crippen LogP contribution in [0.5, 0.6) is 0 Å². The number of likely N-dealkylation sites (N-methyl/N-ethyl adjacent to an activating group) is 1. The first-order valence-electron chi connectivity index (χ1n) is 11.9. The van der Waals surface area contributed by atoms with Gasteiger partial charge in [-0.05, 0) is 28.3 Å². The summed E-state index contributed by atoms with van der Waals surface area (Å²) in [5.41, 5.74) is 4.87. The molecule has 0 saturated heterocycles. The molecule has 4 aromatic carbocycles. The summed E-state index contributed by atoms with van der Waals surface area (Å²) in [6, 6.07) is 37.4. The summed E-state index contributed by atoms with van der Waals surface area (Å²) < 4.78 is 0. The second-order valence-electron chi connectivity index (χ2n) is 9.31. The van der Waals surface area contributed by atoms with E-state index >= 15 is 0 Å². The van der Waals surface area contributed by atoms with Gasteiger partial charge in [-0.15, -0.1) is 0 Å². The smallest absolute Gasteiger partial charge is 0.197 e. The van der Waals surface area contributed by atoms with Crippen molar-refractivity contribution in [2.75, 3.05) is 11.9 Å². The van der Waals surface area contributed by atoms with E-state index in [0.29, 0.717) is 17.6 Å². The SMILES string of the molecule is CN1c2ccccc2C[C@@]12C(=O)C(C(=O)c1ccccc1)=C(c1ccccc1)[C@@H]2c1ccccc1. The van der Waals surface area contributed by atoms with Crippen LogP contribution in [0.2, 0.25) is 0 Å². The highest BCUT2D eigenvalue weighted by Crippen LogP contribution is 2.57. The Hall–Kier alpha value is -4.24. The molecule has 4 aromatic rings. The molecule has 170 valence electrons. The highest BCUT2D eigenvalue weighted by Gasteiger charge is 2.61. The molecule has 3 heteroatoms. The minimum Gasteiger partial charge on any atom is -0.360 e. The number of nitrogens with zero attached hydrogens (tertiary/aromatic N) is 1. The largest absolute Gasteiger partial charge is 0.360 e.